The van der Waals surface area contributed by atoms with Gasteiger partial charge in [0, 0.05) is 13.2 Å². The Kier molecular flexibility index (Phi) is 4.11. The van der Waals surface area contributed by atoms with E-state index in [9.17, 15) is 9.59 Å². The Hall–Kier alpha value is -1.07. The molecule has 5 nitrogen and oxygen atoms in total. The van der Waals surface area contributed by atoms with Crippen molar-refractivity contribution >= 4 is 11.6 Å². The van der Waals surface area contributed by atoms with E-state index < -0.39 is 11.2 Å². The van der Waals surface area contributed by atoms with Gasteiger partial charge in [-0.25, -0.2) is 4.79 Å². The van der Waals surface area contributed by atoms with Gasteiger partial charge >= 0.3 is 5.69 Å². The highest BCUT2D eigenvalue weighted by atomic mass is 35.5. The molecule has 1 unspecified atom stereocenters. The van der Waals surface area contributed by atoms with Crippen LogP contribution in [0.2, 0.25) is 5.15 Å². The van der Waals surface area contributed by atoms with E-state index in [1.54, 1.807) is 0 Å². The number of nitrogens with zero attached hydrogens (tertiary/aromatic N) is 1. The Morgan fingerprint density at radius 1 is 1.60 bits per heavy atom. The minimum Gasteiger partial charge on any atom is -0.383 e. The first-order valence-corrected chi connectivity index (χ1v) is 4.98. The summed E-state index contributed by atoms with van der Waals surface area (Å²) in [5.74, 6) is 0. The van der Waals surface area contributed by atoms with E-state index in [4.69, 9.17) is 16.3 Å². The summed E-state index contributed by atoms with van der Waals surface area (Å²) >= 11 is 5.55. The summed E-state index contributed by atoms with van der Waals surface area (Å²) in [7, 11) is 1.53. The van der Waals surface area contributed by atoms with E-state index >= 15 is 0 Å². The summed E-state index contributed by atoms with van der Waals surface area (Å²) in [5.41, 5.74) is -0.913. The van der Waals surface area contributed by atoms with Crippen LogP contribution in [0.25, 0.3) is 0 Å². The predicted octanol–water partition coefficient (Wildman–Crippen LogP) is 0.788. The Bertz CT molecular complexity index is 406. The second-order valence-corrected chi connectivity index (χ2v) is 3.56. The quantitative estimate of drug-likeness (QED) is 0.781. The largest absolute Gasteiger partial charge is 0.383 e. The summed E-state index contributed by atoms with van der Waals surface area (Å²) in [5, 5.41) is 0.0496. The average molecular weight is 233 g/mol. The molecule has 0 amide bonds. The van der Waals surface area contributed by atoms with Crippen LogP contribution in [0.3, 0.4) is 0 Å². The zero-order valence-electron chi connectivity index (χ0n) is 8.62. The number of aromatic amines is 1. The number of hydrogen-bond donors (Lipinski definition) is 1. The molecular weight excluding hydrogens is 220 g/mol. The number of rotatable bonds is 4. The van der Waals surface area contributed by atoms with Crippen molar-refractivity contribution in [2.45, 2.75) is 19.4 Å². The van der Waals surface area contributed by atoms with Crippen molar-refractivity contribution in [1.82, 2.24) is 9.55 Å². The number of hydrogen-bond acceptors (Lipinski definition) is 3. The normalized spacial score (nSPS) is 12.7. The van der Waals surface area contributed by atoms with Crippen LogP contribution in [0.5, 0.6) is 0 Å². The predicted molar refractivity (Wildman–Crippen MR) is 57.5 cm³/mol. The molecule has 1 rings (SSSR count). The number of H-pyrrole nitrogens is 1. The molecule has 0 bridgehead atoms. The fourth-order valence-electron chi connectivity index (χ4n) is 1.39. The van der Waals surface area contributed by atoms with Crippen molar-refractivity contribution in [3.63, 3.8) is 0 Å². The first-order chi connectivity index (χ1) is 7.10. The molecule has 0 saturated heterocycles. The lowest BCUT2D eigenvalue weighted by Crippen LogP contribution is -2.38. The van der Waals surface area contributed by atoms with Crippen LogP contribution in [0.4, 0.5) is 0 Å². The maximum atomic E-state index is 11.5. The maximum absolute atomic E-state index is 11.5. The molecule has 6 heteroatoms. The third-order valence-corrected chi connectivity index (χ3v) is 2.33. The zero-order chi connectivity index (χ0) is 11.4. The lowest BCUT2D eigenvalue weighted by molar-refractivity contribution is 0.149. The molecule has 1 aromatic heterocycles. The number of methoxy groups -OCH3 is 1. The highest BCUT2D eigenvalue weighted by molar-refractivity contribution is 6.29. The van der Waals surface area contributed by atoms with Crippen LogP contribution >= 0.6 is 11.6 Å². The standard InChI is InChI=1S/C9H13ClN2O3/c1-3-6(5-15-2)12-8(13)4-7(10)11-9(12)14/h4,6H,3,5H2,1-2H3,(H,11,14). The molecule has 0 aliphatic rings. The summed E-state index contributed by atoms with van der Waals surface area (Å²) in [6.07, 6.45) is 0.637. The number of nitrogens with one attached hydrogen (secondary N) is 1. The van der Waals surface area contributed by atoms with Crippen LogP contribution < -0.4 is 11.2 Å². The van der Waals surface area contributed by atoms with Gasteiger partial charge in [0.1, 0.15) is 5.15 Å². The first-order valence-electron chi connectivity index (χ1n) is 4.60. The van der Waals surface area contributed by atoms with Crippen LogP contribution in [0.1, 0.15) is 19.4 Å². The van der Waals surface area contributed by atoms with Gasteiger partial charge in [0.15, 0.2) is 0 Å². The average Bonchev–Trinajstić information content (AvgIpc) is 2.14. The maximum Gasteiger partial charge on any atom is 0.329 e. The fraction of sp³-hybridized carbons (Fsp3) is 0.556. The molecule has 1 heterocycles. The van der Waals surface area contributed by atoms with Gasteiger partial charge in [0.2, 0.25) is 0 Å². The molecule has 0 spiro atoms. The Morgan fingerprint density at radius 2 is 2.27 bits per heavy atom. The lowest BCUT2D eigenvalue weighted by Gasteiger charge is -2.15. The second kappa shape index (κ2) is 5.14. The van der Waals surface area contributed by atoms with Gasteiger partial charge in [-0.15, -0.1) is 0 Å². The van der Waals surface area contributed by atoms with Crippen LogP contribution in [-0.2, 0) is 4.74 Å². The summed E-state index contributed by atoms with van der Waals surface area (Å²) in [6, 6.07) is 0.921. The van der Waals surface area contributed by atoms with Crippen molar-refractivity contribution in [2.75, 3.05) is 13.7 Å². The molecule has 0 aromatic carbocycles. The molecule has 0 saturated carbocycles. The molecule has 84 valence electrons. The van der Waals surface area contributed by atoms with Gasteiger partial charge in [-0.3, -0.25) is 14.3 Å². The topological polar surface area (TPSA) is 64.1 Å². The van der Waals surface area contributed by atoms with Crippen molar-refractivity contribution in [3.05, 3.63) is 32.1 Å². The molecule has 1 atom stereocenters. The Balaban J connectivity index is 3.23. The van der Waals surface area contributed by atoms with Crippen molar-refractivity contribution < 1.29 is 4.74 Å². The molecule has 15 heavy (non-hydrogen) atoms. The van der Waals surface area contributed by atoms with E-state index in [0.29, 0.717) is 13.0 Å². The van der Waals surface area contributed by atoms with Crippen LogP contribution in [-0.4, -0.2) is 23.3 Å². The molecule has 0 radical (unpaired) electrons. The second-order valence-electron chi connectivity index (χ2n) is 3.15. The molecule has 0 aliphatic heterocycles. The molecule has 1 aromatic rings. The number of halogens is 1. The molecule has 0 aliphatic carbocycles. The minimum absolute atomic E-state index is 0.0496. The van der Waals surface area contributed by atoms with Gasteiger partial charge < -0.3 is 4.74 Å². The summed E-state index contributed by atoms with van der Waals surface area (Å²) < 4.78 is 6.06. The monoisotopic (exact) mass is 232 g/mol. The number of aromatic nitrogens is 2. The summed E-state index contributed by atoms with van der Waals surface area (Å²) in [4.78, 5) is 25.4. The Morgan fingerprint density at radius 3 is 2.73 bits per heavy atom. The first kappa shape index (κ1) is 12.0. The van der Waals surface area contributed by atoms with Gasteiger partial charge in [0.25, 0.3) is 5.56 Å². The van der Waals surface area contributed by atoms with Gasteiger partial charge in [-0.2, -0.15) is 0 Å². The lowest BCUT2D eigenvalue weighted by atomic mass is 10.2. The number of ether oxygens (including phenoxy) is 1. The molecule has 0 fully saturated rings. The minimum atomic E-state index is -0.503. The third kappa shape index (κ3) is 2.70. The Labute approximate surface area is 91.6 Å². The fourth-order valence-corrected chi connectivity index (χ4v) is 1.56. The van der Waals surface area contributed by atoms with Crippen LogP contribution in [0, 0.1) is 0 Å². The van der Waals surface area contributed by atoms with Gasteiger partial charge in [-0.1, -0.05) is 18.5 Å². The highest BCUT2D eigenvalue weighted by Gasteiger charge is 2.13. The van der Waals surface area contributed by atoms with Gasteiger partial charge in [-0.05, 0) is 6.42 Å². The van der Waals surface area contributed by atoms with E-state index in [-0.39, 0.29) is 11.2 Å². The zero-order valence-corrected chi connectivity index (χ0v) is 9.37. The molecular formula is C9H13ClN2O3. The molecule has 1 N–H and O–H groups in total. The van der Waals surface area contributed by atoms with Crippen molar-refractivity contribution in [1.29, 1.82) is 0 Å². The SMILES string of the molecule is CCC(COC)n1c(=O)cc(Cl)[nH]c1=O. The van der Waals surface area contributed by atoms with E-state index in [1.807, 2.05) is 6.92 Å². The van der Waals surface area contributed by atoms with Crippen molar-refractivity contribution in [3.8, 4) is 0 Å². The van der Waals surface area contributed by atoms with E-state index in [0.717, 1.165) is 4.57 Å². The van der Waals surface area contributed by atoms with Crippen molar-refractivity contribution in [2.24, 2.45) is 0 Å². The summed E-state index contributed by atoms with van der Waals surface area (Å²) in [6.45, 7) is 2.20. The third-order valence-electron chi connectivity index (χ3n) is 2.13. The van der Waals surface area contributed by atoms with Gasteiger partial charge in [0.05, 0.1) is 12.6 Å². The highest BCUT2D eigenvalue weighted by Crippen LogP contribution is 2.06. The smallest absolute Gasteiger partial charge is 0.329 e. The van der Waals surface area contributed by atoms with E-state index in [2.05, 4.69) is 4.98 Å². The van der Waals surface area contributed by atoms with E-state index in [1.165, 1.54) is 13.2 Å². The van der Waals surface area contributed by atoms with Crippen LogP contribution in [0.15, 0.2) is 15.7 Å².